The van der Waals surface area contributed by atoms with Gasteiger partial charge in [-0.3, -0.25) is 9.59 Å². The molecule has 3 saturated carbocycles. The fourth-order valence-electron chi connectivity index (χ4n) is 7.88. The largest absolute Gasteiger partial charge is 0.300 e. The van der Waals surface area contributed by atoms with Crippen molar-refractivity contribution in [2.24, 2.45) is 45.5 Å². The van der Waals surface area contributed by atoms with E-state index in [2.05, 4.69) is 44.3 Å². The number of nitrogens with one attached hydrogen (secondary N) is 1. The Morgan fingerprint density at radius 3 is 2.57 bits per heavy atom. The predicted octanol–water partition coefficient (Wildman–Crippen LogP) is 5.67. The van der Waals surface area contributed by atoms with Crippen LogP contribution in [0.2, 0.25) is 0 Å². The number of allylic oxidation sites excluding steroid dienone is 2. The van der Waals surface area contributed by atoms with Gasteiger partial charge in [-0.1, -0.05) is 33.3 Å². The molecule has 4 aliphatic rings. The van der Waals surface area contributed by atoms with Crippen LogP contribution in [0, 0.1) is 40.4 Å². The minimum atomic E-state index is 0.0146. The second kappa shape index (κ2) is 7.91. The van der Waals surface area contributed by atoms with Gasteiger partial charge in [-0.2, -0.15) is 5.10 Å². The second-order valence-corrected chi connectivity index (χ2v) is 11.5. The first kappa shape index (κ1) is 21.8. The van der Waals surface area contributed by atoms with Crippen LogP contribution in [0.1, 0.15) is 92.4 Å². The van der Waals surface area contributed by atoms with Crippen molar-refractivity contribution in [2.45, 2.75) is 92.4 Å². The van der Waals surface area contributed by atoms with Gasteiger partial charge in [0.25, 0.3) is 0 Å². The summed E-state index contributed by atoms with van der Waals surface area (Å²) < 4.78 is 0. The van der Waals surface area contributed by atoms with E-state index in [9.17, 15) is 9.59 Å². The Hall–Kier alpha value is -1.45. The molecule has 0 bridgehead atoms. The standard InChI is InChI=1S/C26H40N2O2/c1-16(2)14-24(30)28-27-19-10-12-25(4)18(15-19)6-7-20-22-9-8-21(17(3)29)26(22,5)13-11-23(20)25/h15-16,20-23H,6-14H2,1-5H3,(H,28,30)/b27-19+. The van der Waals surface area contributed by atoms with Crippen LogP contribution in [-0.4, -0.2) is 17.4 Å². The van der Waals surface area contributed by atoms with Gasteiger partial charge >= 0.3 is 0 Å². The van der Waals surface area contributed by atoms with E-state index in [1.165, 1.54) is 25.7 Å². The van der Waals surface area contributed by atoms with Crippen LogP contribution in [0.25, 0.3) is 0 Å². The first-order valence-electron chi connectivity index (χ1n) is 12.2. The highest BCUT2D eigenvalue weighted by molar-refractivity contribution is 5.97. The highest BCUT2D eigenvalue weighted by Crippen LogP contribution is 2.66. The quantitative estimate of drug-likeness (QED) is 0.605. The summed E-state index contributed by atoms with van der Waals surface area (Å²) in [5.41, 5.74) is 5.85. The van der Waals surface area contributed by atoms with Crippen LogP contribution in [0.4, 0.5) is 0 Å². The average molecular weight is 413 g/mol. The summed E-state index contributed by atoms with van der Waals surface area (Å²) in [5, 5.41) is 4.46. The van der Waals surface area contributed by atoms with E-state index >= 15 is 0 Å². The molecular weight excluding hydrogens is 372 g/mol. The molecule has 6 unspecified atom stereocenters. The van der Waals surface area contributed by atoms with Crippen LogP contribution >= 0.6 is 0 Å². The lowest BCUT2D eigenvalue weighted by molar-refractivity contribution is -0.127. The third-order valence-corrected chi connectivity index (χ3v) is 9.39. The summed E-state index contributed by atoms with van der Waals surface area (Å²) in [6, 6.07) is 0. The lowest BCUT2D eigenvalue weighted by Gasteiger charge is -2.58. The Morgan fingerprint density at radius 2 is 1.87 bits per heavy atom. The molecule has 0 spiro atoms. The van der Waals surface area contributed by atoms with Crippen molar-refractivity contribution < 1.29 is 9.59 Å². The summed E-state index contributed by atoms with van der Waals surface area (Å²) in [7, 11) is 0. The molecule has 0 heterocycles. The van der Waals surface area contributed by atoms with Crippen molar-refractivity contribution in [1.82, 2.24) is 5.43 Å². The van der Waals surface area contributed by atoms with Gasteiger partial charge in [-0.05, 0) is 98.9 Å². The minimum Gasteiger partial charge on any atom is -0.300 e. The summed E-state index contributed by atoms with van der Waals surface area (Å²) in [4.78, 5) is 24.3. The number of rotatable bonds is 4. The number of fused-ring (bicyclic) bond motifs is 5. The zero-order valence-electron chi connectivity index (χ0n) is 19.6. The fraction of sp³-hybridized carbons (Fsp3) is 0.808. The predicted molar refractivity (Wildman–Crippen MR) is 121 cm³/mol. The molecule has 166 valence electrons. The van der Waals surface area contributed by atoms with Crippen molar-refractivity contribution in [1.29, 1.82) is 0 Å². The molecule has 4 aliphatic carbocycles. The molecular formula is C26H40N2O2. The number of carbonyl (C=O) groups is 2. The number of hydrogen-bond acceptors (Lipinski definition) is 3. The summed E-state index contributed by atoms with van der Waals surface area (Å²) in [6.45, 7) is 10.8. The molecule has 0 aromatic heterocycles. The van der Waals surface area contributed by atoms with Crippen molar-refractivity contribution in [3.8, 4) is 0 Å². The molecule has 0 aromatic rings. The van der Waals surface area contributed by atoms with Crippen molar-refractivity contribution in [3.63, 3.8) is 0 Å². The van der Waals surface area contributed by atoms with Gasteiger partial charge in [0.15, 0.2) is 0 Å². The molecule has 3 fully saturated rings. The Morgan fingerprint density at radius 1 is 1.10 bits per heavy atom. The topological polar surface area (TPSA) is 58.5 Å². The van der Waals surface area contributed by atoms with Gasteiger partial charge in [-0.25, -0.2) is 5.43 Å². The van der Waals surface area contributed by atoms with Crippen molar-refractivity contribution >= 4 is 17.4 Å². The molecule has 30 heavy (non-hydrogen) atoms. The molecule has 6 atom stereocenters. The van der Waals surface area contributed by atoms with E-state index in [1.54, 1.807) is 5.57 Å². The SMILES string of the molecule is CC(=O)C1CCC2C3CCC4=C/C(=N/NC(=O)CC(C)C)CCC4(C)C3CCC12C. The maximum absolute atomic E-state index is 12.3. The van der Waals surface area contributed by atoms with Crippen LogP contribution in [0.15, 0.2) is 16.8 Å². The van der Waals surface area contributed by atoms with Gasteiger partial charge < -0.3 is 0 Å². The van der Waals surface area contributed by atoms with E-state index in [-0.39, 0.29) is 22.7 Å². The third kappa shape index (κ3) is 3.58. The molecule has 4 nitrogen and oxygen atoms in total. The van der Waals surface area contributed by atoms with E-state index in [0.29, 0.717) is 24.0 Å². The lowest BCUT2D eigenvalue weighted by atomic mass is 9.46. The lowest BCUT2D eigenvalue weighted by Crippen LogP contribution is -2.51. The highest BCUT2D eigenvalue weighted by atomic mass is 16.2. The van der Waals surface area contributed by atoms with Gasteiger partial charge in [0.2, 0.25) is 5.91 Å². The molecule has 0 radical (unpaired) electrons. The van der Waals surface area contributed by atoms with Crippen molar-refractivity contribution in [3.05, 3.63) is 11.6 Å². The molecule has 4 heteroatoms. The Kier molecular flexibility index (Phi) is 5.74. The van der Waals surface area contributed by atoms with Crippen LogP contribution in [0.3, 0.4) is 0 Å². The van der Waals surface area contributed by atoms with Gasteiger partial charge in [0.1, 0.15) is 5.78 Å². The summed E-state index contributed by atoms with van der Waals surface area (Å²) in [5.74, 6) is 3.28. The molecule has 0 aliphatic heterocycles. The van der Waals surface area contributed by atoms with Gasteiger partial charge in [0.05, 0.1) is 5.71 Å². The summed E-state index contributed by atoms with van der Waals surface area (Å²) in [6.07, 6.45) is 12.1. The zero-order chi connectivity index (χ0) is 21.7. The number of nitrogens with zero attached hydrogens (tertiary/aromatic N) is 1. The van der Waals surface area contributed by atoms with E-state index in [1.807, 2.05) is 6.92 Å². The van der Waals surface area contributed by atoms with E-state index in [0.717, 1.165) is 43.2 Å². The maximum Gasteiger partial charge on any atom is 0.240 e. The van der Waals surface area contributed by atoms with Crippen LogP contribution < -0.4 is 5.43 Å². The molecule has 0 aromatic carbocycles. The smallest absolute Gasteiger partial charge is 0.240 e. The van der Waals surface area contributed by atoms with Crippen LogP contribution in [0.5, 0.6) is 0 Å². The Balaban J connectivity index is 1.51. The third-order valence-electron chi connectivity index (χ3n) is 9.39. The zero-order valence-corrected chi connectivity index (χ0v) is 19.6. The molecule has 1 amide bonds. The molecule has 4 rings (SSSR count). The average Bonchev–Trinajstić information content (AvgIpc) is 3.03. The first-order valence-corrected chi connectivity index (χ1v) is 12.2. The van der Waals surface area contributed by atoms with Gasteiger partial charge in [-0.15, -0.1) is 0 Å². The Labute approximate surface area is 182 Å². The fourth-order valence-corrected chi connectivity index (χ4v) is 7.88. The number of Topliss-reactive ketones (excluding diaryl/α,β-unsaturated/α-hetero) is 1. The van der Waals surface area contributed by atoms with E-state index < -0.39 is 0 Å². The Bertz CT molecular complexity index is 782. The maximum atomic E-state index is 12.3. The van der Waals surface area contributed by atoms with Crippen molar-refractivity contribution in [2.75, 3.05) is 0 Å². The van der Waals surface area contributed by atoms with Gasteiger partial charge in [0, 0.05) is 12.3 Å². The van der Waals surface area contributed by atoms with E-state index in [4.69, 9.17) is 0 Å². The number of amides is 1. The monoisotopic (exact) mass is 412 g/mol. The minimum absolute atomic E-state index is 0.0146. The first-order chi connectivity index (χ1) is 14.1. The molecule has 1 N–H and O–H groups in total. The number of hydrazone groups is 1. The molecule has 0 saturated heterocycles. The number of carbonyl (C=O) groups excluding carboxylic acids is 2. The van der Waals surface area contributed by atoms with Crippen LogP contribution in [-0.2, 0) is 9.59 Å². The number of hydrogen-bond donors (Lipinski definition) is 1. The summed E-state index contributed by atoms with van der Waals surface area (Å²) >= 11 is 0. The highest BCUT2D eigenvalue weighted by Gasteiger charge is 2.59. The normalized spacial score (nSPS) is 41.7. The second-order valence-electron chi connectivity index (χ2n) is 11.5. The number of ketones is 1.